The second kappa shape index (κ2) is 9.08. The highest BCUT2D eigenvalue weighted by atomic mass is 32.2. The van der Waals surface area contributed by atoms with E-state index in [0.29, 0.717) is 63.8 Å². The van der Waals surface area contributed by atoms with Crippen LogP contribution in [0.15, 0.2) is 18.2 Å². The van der Waals surface area contributed by atoms with E-state index in [2.05, 4.69) is 0 Å². The van der Waals surface area contributed by atoms with Crippen molar-refractivity contribution in [3.63, 3.8) is 0 Å². The number of piperidine rings is 1. The van der Waals surface area contributed by atoms with Gasteiger partial charge in [0.25, 0.3) is 0 Å². The molecular weight excluding hydrogens is 455 g/mol. The van der Waals surface area contributed by atoms with Gasteiger partial charge in [-0.1, -0.05) is 6.92 Å². The lowest BCUT2D eigenvalue weighted by Crippen LogP contribution is -2.53. The Morgan fingerprint density at radius 3 is 2.64 bits per heavy atom. The van der Waals surface area contributed by atoms with Crippen molar-refractivity contribution in [3.8, 4) is 6.07 Å². The van der Waals surface area contributed by atoms with Gasteiger partial charge in [-0.3, -0.25) is 0 Å². The Balaban J connectivity index is 1.60. The number of rotatable bonds is 8. The summed E-state index contributed by atoms with van der Waals surface area (Å²) in [6.45, 7) is 4.58. The third kappa shape index (κ3) is 5.15. The molecule has 0 radical (unpaired) electrons. The Labute approximate surface area is 193 Å². The van der Waals surface area contributed by atoms with Crippen molar-refractivity contribution in [2.75, 3.05) is 50.0 Å². The molecule has 2 aliphatic heterocycles. The van der Waals surface area contributed by atoms with Gasteiger partial charge in [0, 0.05) is 43.9 Å². The van der Waals surface area contributed by atoms with Crippen molar-refractivity contribution in [2.45, 2.75) is 38.8 Å². The van der Waals surface area contributed by atoms with E-state index in [-0.39, 0.29) is 11.7 Å². The van der Waals surface area contributed by atoms with Crippen LogP contribution in [0.25, 0.3) is 0 Å². The van der Waals surface area contributed by atoms with E-state index < -0.39 is 32.7 Å². The molecule has 0 amide bonds. The molecule has 0 N–H and O–H groups in total. The molecule has 2 atom stereocenters. The fraction of sp³-hybridized carbons (Fsp3) is 0.696. The van der Waals surface area contributed by atoms with E-state index in [0.717, 1.165) is 18.9 Å². The average molecular weight is 486 g/mol. The molecule has 182 valence electrons. The summed E-state index contributed by atoms with van der Waals surface area (Å²) in [6.07, 6.45) is -1.15. The lowest BCUT2D eigenvalue weighted by atomic mass is 9.74. The minimum atomic E-state index is -4.62. The maximum atomic E-state index is 13.5. The second-order valence-corrected chi connectivity index (χ2v) is 11.8. The number of alkyl halides is 3. The van der Waals surface area contributed by atoms with Gasteiger partial charge >= 0.3 is 6.18 Å². The van der Waals surface area contributed by atoms with Crippen molar-refractivity contribution in [3.05, 3.63) is 29.3 Å². The smallest absolute Gasteiger partial charge is 0.380 e. The number of anilines is 1. The molecule has 1 aromatic rings. The summed E-state index contributed by atoms with van der Waals surface area (Å²) in [5.74, 6) is 0.772. The predicted molar refractivity (Wildman–Crippen MR) is 118 cm³/mol. The molecule has 3 fully saturated rings. The minimum Gasteiger partial charge on any atom is -0.380 e. The van der Waals surface area contributed by atoms with E-state index in [1.165, 1.54) is 6.07 Å². The first-order valence-electron chi connectivity index (χ1n) is 11.5. The summed E-state index contributed by atoms with van der Waals surface area (Å²) < 4.78 is 73.7. The molecule has 6 nitrogen and oxygen atoms in total. The van der Waals surface area contributed by atoms with Crippen LogP contribution < -0.4 is 4.90 Å². The molecule has 4 rings (SSSR count). The lowest BCUT2D eigenvalue weighted by molar-refractivity contribution is -0.137. The van der Waals surface area contributed by atoms with E-state index in [4.69, 9.17) is 10.00 Å². The van der Waals surface area contributed by atoms with Gasteiger partial charge in [-0.25, -0.2) is 12.7 Å². The molecule has 10 heteroatoms. The number of fused-ring (bicyclic) bond motifs is 1. The summed E-state index contributed by atoms with van der Waals surface area (Å²) in [5.41, 5.74) is -1.41. The Hall–Kier alpha value is -1.83. The zero-order valence-electron chi connectivity index (χ0n) is 18.8. The van der Waals surface area contributed by atoms with Gasteiger partial charge in [-0.15, -0.1) is 0 Å². The number of nitrogens with zero attached hydrogens (tertiary/aromatic N) is 3. The van der Waals surface area contributed by atoms with E-state index >= 15 is 0 Å². The highest BCUT2D eigenvalue weighted by Gasteiger charge is 2.52. The standard InChI is InChI=1S/C23H30F3N3O3S/c1-2-9-33(30,31)29-8-7-19-12-28(14-22(19,15-29)16-32-13-17-3-4-17)20-6-5-18(11-27)21(10-20)23(24,25)26/h5-6,10,17,19H,2-4,7-9,12-16H2,1H3/t19-,22-/m0/s1. The molecule has 0 unspecified atom stereocenters. The third-order valence-electron chi connectivity index (χ3n) is 7.12. The summed E-state index contributed by atoms with van der Waals surface area (Å²) in [7, 11) is -3.38. The van der Waals surface area contributed by atoms with E-state index in [1.807, 2.05) is 11.8 Å². The van der Waals surface area contributed by atoms with Crippen LogP contribution in [-0.4, -0.2) is 57.9 Å². The molecule has 2 saturated heterocycles. The van der Waals surface area contributed by atoms with Crippen molar-refractivity contribution < 1.29 is 26.3 Å². The zero-order chi connectivity index (χ0) is 23.9. The number of hydrogen-bond acceptors (Lipinski definition) is 5. The molecule has 33 heavy (non-hydrogen) atoms. The molecule has 0 bridgehead atoms. The Kier molecular flexibility index (Phi) is 6.69. The SMILES string of the molecule is CCCS(=O)(=O)N1CC[C@H]2CN(c3ccc(C#N)c(C(F)(F)F)c3)C[C@@]2(COCC2CC2)C1. The highest BCUT2D eigenvalue weighted by Crippen LogP contribution is 2.46. The molecule has 1 aliphatic carbocycles. The largest absolute Gasteiger partial charge is 0.417 e. The number of nitriles is 1. The summed E-state index contributed by atoms with van der Waals surface area (Å²) in [6, 6.07) is 5.43. The van der Waals surface area contributed by atoms with Crippen LogP contribution in [0.2, 0.25) is 0 Å². The Morgan fingerprint density at radius 1 is 1.24 bits per heavy atom. The van der Waals surface area contributed by atoms with Crippen LogP contribution in [0.3, 0.4) is 0 Å². The van der Waals surface area contributed by atoms with Crippen LogP contribution in [0, 0.1) is 28.6 Å². The Bertz CT molecular complexity index is 1020. The normalized spacial score (nSPS) is 26.3. The van der Waals surface area contributed by atoms with Crippen LogP contribution in [0.5, 0.6) is 0 Å². The summed E-state index contributed by atoms with van der Waals surface area (Å²) in [4.78, 5) is 1.90. The fourth-order valence-corrected chi connectivity index (χ4v) is 6.76. The summed E-state index contributed by atoms with van der Waals surface area (Å²) in [5, 5.41) is 9.10. The van der Waals surface area contributed by atoms with Crippen molar-refractivity contribution in [1.82, 2.24) is 4.31 Å². The predicted octanol–water partition coefficient (Wildman–Crippen LogP) is 3.87. The quantitative estimate of drug-likeness (QED) is 0.559. The maximum absolute atomic E-state index is 13.5. The average Bonchev–Trinajstić information content (AvgIpc) is 3.50. The van der Waals surface area contributed by atoms with Crippen molar-refractivity contribution >= 4 is 15.7 Å². The van der Waals surface area contributed by atoms with Crippen LogP contribution in [0.1, 0.15) is 43.7 Å². The van der Waals surface area contributed by atoms with Crippen molar-refractivity contribution in [2.24, 2.45) is 17.3 Å². The number of benzene rings is 1. The van der Waals surface area contributed by atoms with Crippen LogP contribution in [0.4, 0.5) is 18.9 Å². The van der Waals surface area contributed by atoms with Crippen LogP contribution >= 0.6 is 0 Å². The fourth-order valence-electron chi connectivity index (χ4n) is 5.14. The van der Waals surface area contributed by atoms with Gasteiger partial charge in [0.1, 0.15) is 0 Å². The van der Waals surface area contributed by atoms with Gasteiger partial charge in [0.05, 0.1) is 29.6 Å². The number of ether oxygens (including phenoxy) is 1. The molecule has 3 aliphatic rings. The highest BCUT2D eigenvalue weighted by molar-refractivity contribution is 7.89. The lowest BCUT2D eigenvalue weighted by Gasteiger charge is -2.43. The van der Waals surface area contributed by atoms with Gasteiger partial charge < -0.3 is 9.64 Å². The first-order valence-corrected chi connectivity index (χ1v) is 13.1. The number of sulfonamides is 1. The minimum absolute atomic E-state index is 0.0883. The van der Waals surface area contributed by atoms with E-state index in [1.54, 1.807) is 16.4 Å². The second-order valence-electron chi connectivity index (χ2n) is 9.68. The van der Waals surface area contributed by atoms with Gasteiger partial charge in [-0.05, 0) is 55.7 Å². The topological polar surface area (TPSA) is 73.6 Å². The Morgan fingerprint density at radius 2 is 2.00 bits per heavy atom. The van der Waals surface area contributed by atoms with E-state index in [9.17, 15) is 21.6 Å². The summed E-state index contributed by atoms with van der Waals surface area (Å²) >= 11 is 0. The third-order valence-corrected chi connectivity index (χ3v) is 9.14. The van der Waals surface area contributed by atoms with Gasteiger partial charge in [-0.2, -0.15) is 18.4 Å². The maximum Gasteiger partial charge on any atom is 0.417 e. The number of hydrogen-bond donors (Lipinski definition) is 0. The molecule has 0 aromatic heterocycles. The number of halogens is 3. The van der Waals surface area contributed by atoms with Crippen molar-refractivity contribution in [1.29, 1.82) is 5.26 Å². The molecule has 1 saturated carbocycles. The van der Waals surface area contributed by atoms with Gasteiger partial charge in [0.15, 0.2) is 0 Å². The first kappa shape index (κ1) is 24.3. The van der Waals surface area contributed by atoms with Gasteiger partial charge in [0.2, 0.25) is 10.0 Å². The van der Waals surface area contributed by atoms with Crippen LogP contribution in [-0.2, 0) is 20.9 Å². The molecule has 0 spiro atoms. The molecular formula is C23H30F3N3O3S. The zero-order valence-corrected chi connectivity index (χ0v) is 19.6. The molecule has 2 heterocycles. The monoisotopic (exact) mass is 485 g/mol. The molecule has 1 aromatic carbocycles. The first-order chi connectivity index (χ1) is 15.6.